The van der Waals surface area contributed by atoms with Crippen LogP contribution in [-0.2, 0) is 11.2 Å². The summed E-state index contributed by atoms with van der Waals surface area (Å²) in [5.74, 6) is 2.79. The predicted octanol–water partition coefficient (Wildman–Crippen LogP) is 5.35. The van der Waals surface area contributed by atoms with Gasteiger partial charge in [-0.05, 0) is 75.0 Å². The molecule has 0 bridgehead atoms. The van der Waals surface area contributed by atoms with Gasteiger partial charge in [-0.2, -0.15) is 0 Å². The van der Waals surface area contributed by atoms with E-state index in [1.165, 1.54) is 11.1 Å². The number of rotatable bonds is 2. The molecular formula is C23H34O3. The molecule has 0 spiro atoms. The zero-order valence-corrected chi connectivity index (χ0v) is 17.7. The van der Waals surface area contributed by atoms with Crippen LogP contribution in [0.1, 0.15) is 69.2 Å². The topological polar surface area (TPSA) is 35.5 Å². The number of carbonyl (C=O) groups excluding carboxylic acids is 1. The molecule has 26 heavy (non-hydrogen) atoms. The summed E-state index contributed by atoms with van der Waals surface area (Å²) in [6.45, 7) is 15.2. The summed E-state index contributed by atoms with van der Waals surface area (Å²) in [5.41, 5.74) is 4.48. The van der Waals surface area contributed by atoms with Gasteiger partial charge in [0.2, 0.25) is 0 Å². The van der Waals surface area contributed by atoms with Crippen LogP contribution in [-0.4, -0.2) is 18.5 Å². The molecule has 3 unspecified atom stereocenters. The largest absolute Gasteiger partial charge is 0.496 e. The maximum atomic E-state index is 12.9. The van der Waals surface area contributed by atoms with Crippen molar-refractivity contribution < 1.29 is 14.3 Å². The molecule has 3 rings (SSSR count). The molecule has 3 nitrogen and oxygen atoms in total. The van der Waals surface area contributed by atoms with E-state index < -0.39 is 5.60 Å². The van der Waals surface area contributed by atoms with Gasteiger partial charge >= 0.3 is 0 Å². The zero-order chi connectivity index (χ0) is 19.4. The minimum Gasteiger partial charge on any atom is -0.496 e. The second kappa shape index (κ2) is 6.28. The summed E-state index contributed by atoms with van der Waals surface area (Å²) in [5, 5.41) is 0. The average Bonchev–Trinajstić information content (AvgIpc) is 2.96. The van der Waals surface area contributed by atoms with Crippen molar-refractivity contribution in [2.24, 2.45) is 17.3 Å². The maximum Gasteiger partial charge on any atom is 0.140 e. The molecule has 1 heterocycles. The number of hydrogen-bond acceptors (Lipinski definition) is 3. The van der Waals surface area contributed by atoms with Crippen LogP contribution in [0.3, 0.4) is 0 Å². The quantitative estimate of drug-likeness (QED) is 0.715. The fraction of sp³-hybridized carbons (Fsp3) is 0.696. The summed E-state index contributed by atoms with van der Waals surface area (Å²) < 4.78 is 12.3. The van der Waals surface area contributed by atoms with Crippen molar-refractivity contribution in [3.05, 3.63) is 22.3 Å². The van der Waals surface area contributed by atoms with E-state index in [1.54, 1.807) is 7.11 Å². The van der Waals surface area contributed by atoms with Gasteiger partial charge in [-0.25, -0.2) is 0 Å². The Labute approximate surface area is 158 Å². The maximum absolute atomic E-state index is 12.9. The molecule has 1 fully saturated rings. The third-order valence-corrected chi connectivity index (χ3v) is 7.04. The molecule has 1 saturated carbocycles. The summed E-state index contributed by atoms with van der Waals surface area (Å²) in [6, 6.07) is 0. The number of carbonyl (C=O) groups is 1. The Morgan fingerprint density at radius 2 is 1.77 bits per heavy atom. The summed E-state index contributed by atoms with van der Waals surface area (Å²) in [4.78, 5) is 12.9. The molecule has 1 aliphatic heterocycles. The van der Waals surface area contributed by atoms with Crippen LogP contribution in [0.15, 0.2) is 0 Å². The van der Waals surface area contributed by atoms with Gasteiger partial charge in [-0.1, -0.05) is 20.8 Å². The molecular weight excluding hydrogens is 324 g/mol. The average molecular weight is 359 g/mol. The number of hydrogen-bond donors (Lipinski definition) is 0. The monoisotopic (exact) mass is 358 g/mol. The van der Waals surface area contributed by atoms with E-state index in [0.29, 0.717) is 18.1 Å². The van der Waals surface area contributed by atoms with Crippen molar-refractivity contribution >= 4 is 5.78 Å². The molecule has 1 aromatic carbocycles. The normalized spacial score (nSPS) is 28.7. The van der Waals surface area contributed by atoms with E-state index in [-0.39, 0.29) is 11.3 Å². The number of benzene rings is 1. The lowest BCUT2D eigenvalue weighted by Gasteiger charge is -2.41. The molecule has 2 aliphatic rings. The molecule has 1 aromatic rings. The highest BCUT2D eigenvalue weighted by Crippen LogP contribution is 2.50. The van der Waals surface area contributed by atoms with Crippen LogP contribution in [0.5, 0.6) is 11.5 Å². The Hall–Kier alpha value is -1.51. The lowest BCUT2D eigenvalue weighted by molar-refractivity contribution is -0.127. The number of ketones is 1. The van der Waals surface area contributed by atoms with Crippen molar-refractivity contribution in [3.63, 3.8) is 0 Å². The Morgan fingerprint density at radius 3 is 2.31 bits per heavy atom. The van der Waals surface area contributed by atoms with Crippen LogP contribution in [0.2, 0.25) is 0 Å². The van der Waals surface area contributed by atoms with E-state index in [0.717, 1.165) is 41.9 Å². The smallest absolute Gasteiger partial charge is 0.140 e. The number of ether oxygens (including phenoxy) is 2. The first-order valence-corrected chi connectivity index (χ1v) is 9.88. The second-order valence-corrected chi connectivity index (χ2v) is 9.65. The first-order chi connectivity index (χ1) is 12.0. The number of Topliss-reactive ketones (excluding diaryl/α,β-unsaturated/α-hetero) is 1. The highest BCUT2D eigenvalue weighted by molar-refractivity contribution is 5.84. The molecule has 0 amide bonds. The zero-order valence-electron chi connectivity index (χ0n) is 17.7. The van der Waals surface area contributed by atoms with Crippen molar-refractivity contribution in [2.75, 3.05) is 7.11 Å². The Morgan fingerprint density at radius 1 is 1.12 bits per heavy atom. The van der Waals surface area contributed by atoms with Crippen LogP contribution >= 0.6 is 0 Å². The third kappa shape index (κ3) is 2.93. The molecule has 0 N–H and O–H groups in total. The lowest BCUT2D eigenvalue weighted by Crippen LogP contribution is -2.46. The molecule has 3 atom stereocenters. The fourth-order valence-corrected chi connectivity index (χ4v) is 4.94. The minimum absolute atomic E-state index is 0.00184. The Balaban J connectivity index is 1.96. The summed E-state index contributed by atoms with van der Waals surface area (Å²) in [6.07, 6.45) is 3.47. The molecule has 144 valence electrons. The van der Waals surface area contributed by atoms with Gasteiger partial charge in [0.05, 0.1) is 13.0 Å². The van der Waals surface area contributed by atoms with Gasteiger partial charge in [-0.3, -0.25) is 4.79 Å². The van der Waals surface area contributed by atoms with E-state index >= 15 is 0 Å². The molecule has 0 aromatic heterocycles. The standard InChI is InChI=1S/C23H34O3/c1-13-14(2)21-17(15(3)20(13)25-8)9-10-23(7,26-21)18-11-16(12-19(18)24)22(4,5)6/h16,18H,9-12H2,1-8H3. The van der Waals surface area contributed by atoms with Crippen molar-refractivity contribution in [1.29, 1.82) is 0 Å². The molecule has 1 aliphatic carbocycles. The van der Waals surface area contributed by atoms with Crippen molar-refractivity contribution in [1.82, 2.24) is 0 Å². The van der Waals surface area contributed by atoms with E-state index in [4.69, 9.17) is 9.47 Å². The van der Waals surface area contributed by atoms with Gasteiger partial charge in [-0.15, -0.1) is 0 Å². The van der Waals surface area contributed by atoms with Crippen molar-refractivity contribution in [2.45, 2.75) is 79.8 Å². The van der Waals surface area contributed by atoms with Crippen LogP contribution in [0, 0.1) is 38.0 Å². The van der Waals surface area contributed by atoms with Crippen LogP contribution < -0.4 is 9.47 Å². The van der Waals surface area contributed by atoms with E-state index in [1.807, 2.05) is 0 Å². The number of methoxy groups -OCH3 is 1. The minimum atomic E-state index is -0.400. The van der Waals surface area contributed by atoms with Gasteiger partial charge in [0.1, 0.15) is 22.9 Å². The highest BCUT2D eigenvalue weighted by atomic mass is 16.5. The Bertz CT molecular complexity index is 741. The van der Waals surface area contributed by atoms with Crippen LogP contribution in [0.4, 0.5) is 0 Å². The van der Waals surface area contributed by atoms with Gasteiger partial charge in [0, 0.05) is 12.0 Å². The van der Waals surface area contributed by atoms with E-state index in [9.17, 15) is 4.79 Å². The summed E-state index contributed by atoms with van der Waals surface area (Å²) >= 11 is 0. The number of fused-ring (bicyclic) bond motifs is 1. The SMILES string of the molecule is COc1c(C)c(C)c2c(c1C)CCC(C)(C1CC(C(C)(C)C)CC1=O)O2. The first kappa shape index (κ1) is 19.3. The van der Waals surface area contributed by atoms with E-state index in [2.05, 4.69) is 48.5 Å². The molecule has 0 saturated heterocycles. The fourth-order valence-electron chi connectivity index (χ4n) is 4.94. The highest BCUT2D eigenvalue weighted by Gasteiger charge is 2.50. The predicted molar refractivity (Wildman–Crippen MR) is 105 cm³/mol. The van der Waals surface area contributed by atoms with Gasteiger partial charge in [0.25, 0.3) is 0 Å². The second-order valence-electron chi connectivity index (χ2n) is 9.65. The Kier molecular flexibility index (Phi) is 4.65. The molecule has 0 radical (unpaired) electrons. The summed E-state index contributed by atoms with van der Waals surface area (Å²) in [7, 11) is 1.73. The van der Waals surface area contributed by atoms with Gasteiger partial charge < -0.3 is 9.47 Å². The van der Waals surface area contributed by atoms with Gasteiger partial charge in [0.15, 0.2) is 0 Å². The lowest BCUT2D eigenvalue weighted by atomic mass is 9.75. The third-order valence-electron chi connectivity index (χ3n) is 7.04. The molecule has 3 heteroatoms. The van der Waals surface area contributed by atoms with Crippen molar-refractivity contribution in [3.8, 4) is 11.5 Å². The van der Waals surface area contributed by atoms with Crippen LogP contribution in [0.25, 0.3) is 0 Å². The first-order valence-electron chi connectivity index (χ1n) is 9.88.